The largest absolute Gasteiger partial charge is 0.504 e. The summed E-state index contributed by atoms with van der Waals surface area (Å²) in [7, 11) is 0. The molecule has 0 amide bonds. The standard InChI is InChI=1S/C17H15NO5S/c1-7(10-12(19)14(21)16(23)15(22)13(10)20)17-11(18-2)8-5-3-4-6-9(8)24-17/h3-7,19-23H,2H2,1H3. The van der Waals surface area contributed by atoms with E-state index in [1.165, 1.54) is 11.3 Å². The fourth-order valence-corrected chi connectivity index (χ4v) is 3.98. The topological polar surface area (TPSA) is 114 Å². The lowest BCUT2D eigenvalue weighted by Crippen LogP contribution is -1.96. The zero-order chi connectivity index (χ0) is 17.6. The van der Waals surface area contributed by atoms with Crippen LogP contribution in [-0.2, 0) is 0 Å². The van der Waals surface area contributed by atoms with Crippen molar-refractivity contribution >= 4 is 33.8 Å². The quantitative estimate of drug-likeness (QED) is 0.280. The fourth-order valence-electron chi connectivity index (χ4n) is 2.75. The summed E-state index contributed by atoms with van der Waals surface area (Å²) in [5.74, 6) is -4.74. The van der Waals surface area contributed by atoms with Crippen molar-refractivity contribution in [2.45, 2.75) is 12.8 Å². The molecule has 7 heteroatoms. The van der Waals surface area contributed by atoms with Crippen molar-refractivity contribution in [1.29, 1.82) is 0 Å². The molecule has 1 aromatic heterocycles. The first-order valence-corrected chi connectivity index (χ1v) is 7.86. The normalized spacial score (nSPS) is 12.4. The van der Waals surface area contributed by atoms with E-state index in [0.717, 1.165) is 10.1 Å². The van der Waals surface area contributed by atoms with Gasteiger partial charge >= 0.3 is 0 Å². The predicted octanol–water partition coefficient (Wildman–Crippen LogP) is 3.91. The minimum absolute atomic E-state index is 0.0979. The van der Waals surface area contributed by atoms with Crippen LogP contribution in [0, 0.1) is 0 Å². The Labute approximate surface area is 141 Å². The summed E-state index contributed by atoms with van der Waals surface area (Å²) in [5, 5.41) is 50.2. The number of fused-ring (bicyclic) bond motifs is 1. The summed E-state index contributed by atoms with van der Waals surface area (Å²) in [6.45, 7) is 5.26. The number of hydrogen-bond acceptors (Lipinski definition) is 7. The maximum absolute atomic E-state index is 10.1. The highest BCUT2D eigenvalue weighted by Gasteiger charge is 2.29. The number of hydrogen-bond donors (Lipinski definition) is 5. The van der Waals surface area contributed by atoms with E-state index in [4.69, 9.17) is 0 Å². The Bertz CT molecular complexity index is 934. The average Bonchev–Trinajstić information content (AvgIpc) is 2.97. The van der Waals surface area contributed by atoms with Gasteiger partial charge in [0, 0.05) is 20.9 Å². The molecule has 6 nitrogen and oxygen atoms in total. The summed E-state index contributed by atoms with van der Waals surface area (Å²) in [5.41, 5.74) is 0.508. The third-order valence-corrected chi connectivity index (χ3v) is 5.33. The summed E-state index contributed by atoms with van der Waals surface area (Å²) in [6.07, 6.45) is 0. The second-order valence-electron chi connectivity index (χ2n) is 5.35. The molecule has 24 heavy (non-hydrogen) atoms. The first-order valence-electron chi connectivity index (χ1n) is 7.05. The summed E-state index contributed by atoms with van der Waals surface area (Å²) < 4.78 is 0.952. The summed E-state index contributed by atoms with van der Waals surface area (Å²) >= 11 is 1.40. The van der Waals surface area contributed by atoms with Crippen molar-refractivity contribution in [1.82, 2.24) is 0 Å². The van der Waals surface area contributed by atoms with Gasteiger partial charge in [-0.1, -0.05) is 25.1 Å². The molecule has 0 radical (unpaired) electrons. The molecular weight excluding hydrogens is 330 g/mol. The van der Waals surface area contributed by atoms with E-state index in [-0.39, 0.29) is 5.56 Å². The lowest BCUT2D eigenvalue weighted by Gasteiger charge is -2.17. The fraction of sp³-hybridized carbons (Fsp3) is 0.118. The maximum atomic E-state index is 10.1. The molecule has 0 aliphatic carbocycles. The van der Waals surface area contributed by atoms with E-state index in [2.05, 4.69) is 11.7 Å². The van der Waals surface area contributed by atoms with E-state index in [9.17, 15) is 25.5 Å². The van der Waals surface area contributed by atoms with E-state index < -0.39 is 34.7 Å². The maximum Gasteiger partial charge on any atom is 0.208 e. The SMILES string of the molecule is C=Nc1c(C(C)c2c(O)c(O)c(O)c(O)c2O)sc2ccccc12. The van der Waals surface area contributed by atoms with Gasteiger partial charge in [0.25, 0.3) is 0 Å². The number of aliphatic imine (C=N–C) groups is 1. The zero-order valence-electron chi connectivity index (χ0n) is 12.7. The van der Waals surface area contributed by atoms with Crippen LogP contribution in [0.3, 0.4) is 0 Å². The van der Waals surface area contributed by atoms with Crippen LogP contribution in [0.15, 0.2) is 29.3 Å². The molecule has 3 rings (SSSR count). The second-order valence-corrected chi connectivity index (χ2v) is 6.43. The Balaban J connectivity index is 2.28. The number of aromatic hydroxyl groups is 5. The van der Waals surface area contributed by atoms with Crippen LogP contribution in [0.1, 0.15) is 23.3 Å². The number of benzene rings is 2. The van der Waals surface area contributed by atoms with Crippen LogP contribution in [0.25, 0.3) is 10.1 Å². The molecule has 1 atom stereocenters. The molecular formula is C17H15NO5S. The smallest absolute Gasteiger partial charge is 0.208 e. The Morgan fingerprint density at radius 2 is 1.46 bits per heavy atom. The van der Waals surface area contributed by atoms with Gasteiger partial charge in [-0.3, -0.25) is 4.99 Å². The molecule has 3 aromatic rings. The first kappa shape index (κ1) is 15.9. The van der Waals surface area contributed by atoms with Crippen LogP contribution in [0.2, 0.25) is 0 Å². The predicted molar refractivity (Wildman–Crippen MR) is 93.3 cm³/mol. The minimum atomic E-state index is -0.973. The highest BCUT2D eigenvalue weighted by atomic mass is 32.1. The van der Waals surface area contributed by atoms with Gasteiger partial charge in [-0.15, -0.1) is 11.3 Å². The Morgan fingerprint density at radius 3 is 2.04 bits per heavy atom. The van der Waals surface area contributed by atoms with Crippen molar-refractivity contribution in [3.8, 4) is 28.7 Å². The van der Waals surface area contributed by atoms with Crippen molar-refractivity contribution in [2.75, 3.05) is 0 Å². The summed E-state index contributed by atoms with van der Waals surface area (Å²) in [4.78, 5) is 4.75. The molecule has 0 fully saturated rings. The van der Waals surface area contributed by atoms with E-state index in [1.807, 2.05) is 24.3 Å². The Morgan fingerprint density at radius 1 is 0.917 bits per heavy atom. The third kappa shape index (κ3) is 2.13. The number of nitrogens with zero attached hydrogens (tertiary/aromatic N) is 1. The van der Waals surface area contributed by atoms with E-state index in [1.54, 1.807) is 6.92 Å². The van der Waals surface area contributed by atoms with Gasteiger partial charge in [0.2, 0.25) is 17.2 Å². The lowest BCUT2D eigenvalue weighted by atomic mass is 9.94. The molecule has 0 saturated heterocycles. The van der Waals surface area contributed by atoms with Crippen molar-refractivity contribution in [3.63, 3.8) is 0 Å². The molecule has 1 heterocycles. The minimum Gasteiger partial charge on any atom is -0.504 e. The van der Waals surface area contributed by atoms with Crippen LogP contribution >= 0.6 is 11.3 Å². The van der Waals surface area contributed by atoms with Gasteiger partial charge in [0.1, 0.15) is 0 Å². The first-order chi connectivity index (χ1) is 11.4. The summed E-state index contributed by atoms with van der Waals surface area (Å²) in [6, 6.07) is 7.55. The zero-order valence-corrected chi connectivity index (χ0v) is 13.5. The molecule has 0 aliphatic heterocycles. The lowest BCUT2D eigenvalue weighted by molar-refractivity contribution is 0.323. The third-order valence-electron chi connectivity index (χ3n) is 3.99. The van der Waals surface area contributed by atoms with E-state index >= 15 is 0 Å². The van der Waals surface area contributed by atoms with Crippen LogP contribution < -0.4 is 0 Å². The highest BCUT2D eigenvalue weighted by Crippen LogP contribution is 2.56. The average molecular weight is 345 g/mol. The van der Waals surface area contributed by atoms with Gasteiger partial charge in [0.15, 0.2) is 11.5 Å². The highest BCUT2D eigenvalue weighted by molar-refractivity contribution is 7.19. The molecule has 1 unspecified atom stereocenters. The van der Waals surface area contributed by atoms with Crippen molar-refractivity contribution in [3.05, 3.63) is 34.7 Å². The Kier molecular flexibility index (Phi) is 3.73. The van der Waals surface area contributed by atoms with Crippen LogP contribution in [0.4, 0.5) is 5.69 Å². The molecule has 0 bridgehead atoms. The second kappa shape index (κ2) is 5.61. The molecule has 0 saturated carbocycles. The molecule has 0 aliphatic rings. The van der Waals surface area contributed by atoms with Gasteiger partial charge < -0.3 is 25.5 Å². The van der Waals surface area contributed by atoms with Crippen molar-refractivity contribution < 1.29 is 25.5 Å². The molecule has 2 aromatic carbocycles. The number of phenolic OH excluding ortho intramolecular Hbond substituents is 5. The Hall–Kier alpha value is -2.93. The number of thiophene rings is 1. The van der Waals surface area contributed by atoms with Gasteiger partial charge in [0.05, 0.1) is 11.3 Å². The molecule has 0 spiro atoms. The monoisotopic (exact) mass is 345 g/mol. The van der Waals surface area contributed by atoms with Crippen LogP contribution in [-0.4, -0.2) is 32.3 Å². The van der Waals surface area contributed by atoms with Crippen molar-refractivity contribution in [2.24, 2.45) is 4.99 Å². The van der Waals surface area contributed by atoms with Gasteiger partial charge in [-0.25, -0.2) is 0 Å². The number of rotatable bonds is 3. The van der Waals surface area contributed by atoms with Gasteiger partial charge in [-0.2, -0.15) is 0 Å². The van der Waals surface area contributed by atoms with Gasteiger partial charge in [-0.05, 0) is 12.8 Å². The molecule has 124 valence electrons. The van der Waals surface area contributed by atoms with Crippen LogP contribution in [0.5, 0.6) is 28.7 Å². The molecule has 5 N–H and O–H groups in total. The number of phenols is 5. The van der Waals surface area contributed by atoms with E-state index in [0.29, 0.717) is 10.6 Å².